The number of carbonyl (C=O) groups is 2. The number of hydrogen-bond acceptors (Lipinski definition) is 4. The molecule has 2 amide bonds. The van der Waals surface area contributed by atoms with E-state index in [0.717, 1.165) is 48.6 Å². The smallest absolute Gasteiger partial charge is 0.226 e. The Morgan fingerprint density at radius 3 is 2.68 bits per heavy atom. The molecule has 1 unspecified atom stereocenters. The van der Waals surface area contributed by atoms with E-state index in [2.05, 4.69) is 25.4 Å². The van der Waals surface area contributed by atoms with Gasteiger partial charge in [-0.2, -0.15) is 0 Å². The van der Waals surface area contributed by atoms with Gasteiger partial charge in [0.25, 0.3) is 0 Å². The Morgan fingerprint density at radius 1 is 1.03 bits per heavy atom. The first-order valence-corrected chi connectivity index (χ1v) is 10.7. The molecule has 0 saturated carbocycles. The summed E-state index contributed by atoms with van der Waals surface area (Å²) in [7, 11) is 0. The van der Waals surface area contributed by atoms with Crippen LogP contribution in [0.3, 0.4) is 0 Å². The van der Waals surface area contributed by atoms with Crippen LogP contribution in [0.1, 0.15) is 50.0 Å². The minimum absolute atomic E-state index is 0.147. The standard InChI is InChI=1S/C24H27N5O2/c1-17(30)25-21(18-9-4-2-5-10-18)16-23(31)26-20-12-8-11-19(15-20)24-28-27-22-13-6-3-7-14-29(22)24/h2,4-5,8-12,15,21H,3,6-7,13-14,16H2,1H3,(H,25,30)(H,26,31). The van der Waals surface area contributed by atoms with Crippen LogP contribution in [-0.4, -0.2) is 26.6 Å². The molecule has 4 rings (SSSR count). The maximum Gasteiger partial charge on any atom is 0.226 e. The van der Waals surface area contributed by atoms with Crippen LogP contribution < -0.4 is 10.6 Å². The average molecular weight is 418 g/mol. The van der Waals surface area contributed by atoms with Crippen molar-refractivity contribution in [2.75, 3.05) is 5.32 Å². The fourth-order valence-corrected chi connectivity index (χ4v) is 4.01. The number of fused-ring (bicyclic) bond motifs is 1. The molecule has 31 heavy (non-hydrogen) atoms. The topological polar surface area (TPSA) is 88.9 Å². The van der Waals surface area contributed by atoms with Crippen molar-refractivity contribution in [1.82, 2.24) is 20.1 Å². The second kappa shape index (κ2) is 9.55. The van der Waals surface area contributed by atoms with Gasteiger partial charge in [-0.05, 0) is 30.5 Å². The van der Waals surface area contributed by atoms with Gasteiger partial charge in [-0.25, -0.2) is 0 Å². The molecular weight excluding hydrogens is 390 g/mol. The SMILES string of the molecule is CC(=O)NC(CC(=O)Nc1cccc(-c2nnc3n2CCCCC3)c1)c1ccccc1. The average Bonchev–Trinajstić information content (AvgIpc) is 3.02. The Morgan fingerprint density at radius 2 is 1.87 bits per heavy atom. The third-order valence-electron chi connectivity index (χ3n) is 5.48. The molecule has 2 N–H and O–H groups in total. The minimum Gasteiger partial charge on any atom is -0.349 e. The summed E-state index contributed by atoms with van der Waals surface area (Å²) in [5.74, 6) is 1.53. The predicted molar refractivity (Wildman–Crippen MR) is 119 cm³/mol. The number of nitrogens with zero attached hydrogens (tertiary/aromatic N) is 3. The third-order valence-corrected chi connectivity index (χ3v) is 5.48. The summed E-state index contributed by atoms with van der Waals surface area (Å²) in [6, 6.07) is 16.8. The number of aromatic nitrogens is 3. The van der Waals surface area contributed by atoms with Crippen molar-refractivity contribution in [3.63, 3.8) is 0 Å². The summed E-state index contributed by atoms with van der Waals surface area (Å²) in [5.41, 5.74) is 2.52. The largest absolute Gasteiger partial charge is 0.349 e. The lowest BCUT2D eigenvalue weighted by atomic mass is 10.0. The van der Waals surface area contributed by atoms with Gasteiger partial charge in [0.15, 0.2) is 5.82 Å². The molecule has 1 atom stereocenters. The van der Waals surface area contributed by atoms with Crippen molar-refractivity contribution in [1.29, 1.82) is 0 Å². The molecule has 0 radical (unpaired) electrons. The number of rotatable bonds is 6. The summed E-state index contributed by atoms with van der Waals surface area (Å²) in [5, 5.41) is 14.6. The van der Waals surface area contributed by atoms with Crippen LogP contribution >= 0.6 is 0 Å². The minimum atomic E-state index is -0.380. The second-order valence-electron chi connectivity index (χ2n) is 7.90. The van der Waals surface area contributed by atoms with E-state index in [1.165, 1.54) is 13.3 Å². The van der Waals surface area contributed by atoms with Crippen LogP contribution in [-0.2, 0) is 22.6 Å². The zero-order valence-electron chi connectivity index (χ0n) is 17.7. The Labute approximate surface area is 181 Å². The van der Waals surface area contributed by atoms with E-state index in [9.17, 15) is 9.59 Å². The lowest BCUT2D eigenvalue weighted by molar-refractivity contribution is -0.120. The molecule has 0 aliphatic carbocycles. The van der Waals surface area contributed by atoms with Gasteiger partial charge in [0.1, 0.15) is 5.82 Å². The molecular formula is C24H27N5O2. The Hall–Kier alpha value is -3.48. The van der Waals surface area contributed by atoms with Crippen LogP contribution in [0.15, 0.2) is 54.6 Å². The molecule has 1 aliphatic rings. The van der Waals surface area contributed by atoms with Crippen molar-refractivity contribution in [2.45, 2.75) is 51.6 Å². The predicted octanol–water partition coefficient (Wildman–Crippen LogP) is 3.88. The lowest BCUT2D eigenvalue weighted by Crippen LogP contribution is -2.29. The first-order valence-electron chi connectivity index (χ1n) is 10.7. The molecule has 0 spiro atoms. The van der Waals surface area contributed by atoms with Gasteiger partial charge in [-0.3, -0.25) is 9.59 Å². The summed E-state index contributed by atoms with van der Waals surface area (Å²) < 4.78 is 2.19. The number of hydrogen-bond donors (Lipinski definition) is 2. The van der Waals surface area contributed by atoms with Crippen LogP contribution in [0.25, 0.3) is 11.4 Å². The fourth-order valence-electron chi connectivity index (χ4n) is 4.01. The molecule has 7 heteroatoms. The number of carbonyl (C=O) groups excluding carboxylic acids is 2. The molecule has 1 aromatic heterocycles. The summed E-state index contributed by atoms with van der Waals surface area (Å²) in [6.45, 7) is 2.38. The molecule has 7 nitrogen and oxygen atoms in total. The van der Waals surface area contributed by atoms with Gasteiger partial charge in [-0.15, -0.1) is 10.2 Å². The normalized spacial score (nSPS) is 14.2. The van der Waals surface area contributed by atoms with Gasteiger partial charge in [-0.1, -0.05) is 48.9 Å². The van der Waals surface area contributed by atoms with Crippen LogP contribution in [0.5, 0.6) is 0 Å². The maximum atomic E-state index is 12.8. The van der Waals surface area contributed by atoms with Crippen LogP contribution in [0.4, 0.5) is 5.69 Å². The molecule has 1 aliphatic heterocycles. The summed E-state index contributed by atoms with van der Waals surface area (Å²) in [4.78, 5) is 24.4. The second-order valence-corrected chi connectivity index (χ2v) is 7.90. The Balaban J connectivity index is 1.49. The summed E-state index contributed by atoms with van der Waals surface area (Å²) in [6.07, 6.45) is 4.57. The van der Waals surface area contributed by atoms with Gasteiger partial charge >= 0.3 is 0 Å². The van der Waals surface area contributed by atoms with E-state index in [1.807, 2.05) is 54.6 Å². The van der Waals surface area contributed by atoms with E-state index in [1.54, 1.807) is 0 Å². The molecule has 2 aromatic carbocycles. The number of amides is 2. The summed E-state index contributed by atoms with van der Waals surface area (Å²) >= 11 is 0. The van der Waals surface area contributed by atoms with Crippen molar-refractivity contribution in [3.05, 3.63) is 66.0 Å². The van der Waals surface area contributed by atoms with Crippen molar-refractivity contribution < 1.29 is 9.59 Å². The highest BCUT2D eigenvalue weighted by atomic mass is 16.2. The number of benzene rings is 2. The number of nitrogens with one attached hydrogen (secondary N) is 2. The Kier molecular flexibility index (Phi) is 6.40. The molecule has 2 heterocycles. The fraction of sp³-hybridized carbons (Fsp3) is 0.333. The maximum absolute atomic E-state index is 12.8. The van der Waals surface area contributed by atoms with E-state index in [4.69, 9.17) is 0 Å². The van der Waals surface area contributed by atoms with E-state index in [-0.39, 0.29) is 24.3 Å². The monoisotopic (exact) mass is 417 g/mol. The number of aryl methyl sites for hydroxylation is 1. The van der Waals surface area contributed by atoms with Gasteiger partial charge in [0, 0.05) is 31.1 Å². The van der Waals surface area contributed by atoms with E-state index >= 15 is 0 Å². The van der Waals surface area contributed by atoms with Crippen LogP contribution in [0, 0.1) is 0 Å². The molecule has 0 bridgehead atoms. The molecule has 3 aromatic rings. The first kappa shape index (κ1) is 20.8. The van der Waals surface area contributed by atoms with E-state index in [0.29, 0.717) is 5.69 Å². The van der Waals surface area contributed by atoms with Crippen LogP contribution in [0.2, 0.25) is 0 Å². The van der Waals surface area contributed by atoms with E-state index < -0.39 is 0 Å². The van der Waals surface area contributed by atoms with Gasteiger partial charge < -0.3 is 15.2 Å². The van der Waals surface area contributed by atoms with Crippen molar-refractivity contribution in [2.24, 2.45) is 0 Å². The van der Waals surface area contributed by atoms with Gasteiger partial charge in [0.05, 0.1) is 12.5 Å². The highest BCUT2D eigenvalue weighted by Gasteiger charge is 2.19. The highest BCUT2D eigenvalue weighted by Crippen LogP contribution is 2.25. The molecule has 160 valence electrons. The molecule has 0 fully saturated rings. The zero-order chi connectivity index (χ0) is 21.6. The van der Waals surface area contributed by atoms with Gasteiger partial charge in [0.2, 0.25) is 11.8 Å². The zero-order valence-corrected chi connectivity index (χ0v) is 17.7. The quantitative estimate of drug-likeness (QED) is 0.637. The lowest BCUT2D eigenvalue weighted by Gasteiger charge is -2.18. The first-order chi connectivity index (χ1) is 15.1. The number of anilines is 1. The third kappa shape index (κ3) is 5.17. The molecule has 0 saturated heterocycles. The van der Waals surface area contributed by atoms with Crippen molar-refractivity contribution >= 4 is 17.5 Å². The van der Waals surface area contributed by atoms with Crippen molar-refractivity contribution in [3.8, 4) is 11.4 Å². The highest BCUT2D eigenvalue weighted by molar-refractivity contribution is 5.92. The Bertz CT molecular complexity index is 1060.